The summed E-state index contributed by atoms with van der Waals surface area (Å²) < 4.78 is 6.92. The van der Waals surface area contributed by atoms with Crippen LogP contribution >= 0.6 is 31.9 Å². The smallest absolute Gasteiger partial charge is 0.331 e. The van der Waals surface area contributed by atoms with E-state index in [2.05, 4.69) is 59.6 Å². The molecule has 0 heterocycles. The Morgan fingerprint density at radius 2 is 1.71 bits per heavy atom. The Morgan fingerprint density at radius 3 is 2.29 bits per heavy atom. The quantitative estimate of drug-likeness (QED) is 0.179. The molecular weight excluding hydrogens is 612 g/mol. The third-order valence-electron chi connectivity index (χ3n) is 11.7. The first-order valence-electron chi connectivity index (χ1n) is 14.4. The molecular formula is C31H46Br2O5. The van der Waals surface area contributed by atoms with Gasteiger partial charge in [-0.1, -0.05) is 65.1 Å². The molecule has 0 saturated heterocycles. The van der Waals surface area contributed by atoms with E-state index in [9.17, 15) is 19.8 Å². The number of esters is 1. The normalized spacial score (nSPS) is 45.4. The number of aliphatic carboxylic acids is 1. The minimum atomic E-state index is -0.947. The summed E-state index contributed by atoms with van der Waals surface area (Å²) >= 11 is 7.54. The van der Waals surface area contributed by atoms with Crippen LogP contribution in [0.4, 0.5) is 0 Å². The lowest BCUT2D eigenvalue weighted by molar-refractivity contribution is -0.224. The molecule has 4 aliphatic carbocycles. The van der Waals surface area contributed by atoms with E-state index < -0.39 is 18.2 Å². The van der Waals surface area contributed by atoms with Gasteiger partial charge in [-0.15, -0.1) is 0 Å². The Hall–Kier alpha value is -0.660. The van der Waals surface area contributed by atoms with Gasteiger partial charge in [-0.05, 0) is 115 Å². The molecule has 0 aliphatic heterocycles. The van der Waals surface area contributed by atoms with Gasteiger partial charge >= 0.3 is 11.9 Å². The van der Waals surface area contributed by atoms with Crippen LogP contribution in [0.2, 0.25) is 0 Å². The van der Waals surface area contributed by atoms with Crippen molar-refractivity contribution in [2.45, 2.75) is 117 Å². The lowest BCUT2D eigenvalue weighted by Crippen LogP contribution is -2.65. The van der Waals surface area contributed by atoms with Gasteiger partial charge in [0.05, 0.1) is 6.10 Å². The first-order valence-corrected chi connectivity index (χ1v) is 16.1. The second kappa shape index (κ2) is 10.6. The van der Waals surface area contributed by atoms with E-state index in [-0.39, 0.29) is 34.1 Å². The third-order valence-corrected chi connectivity index (χ3v) is 14.2. The predicted molar refractivity (Wildman–Crippen MR) is 157 cm³/mol. The van der Waals surface area contributed by atoms with Crippen molar-refractivity contribution in [1.82, 2.24) is 0 Å². The predicted octanol–water partition coefficient (Wildman–Crippen LogP) is 7.79. The molecule has 4 unspecified atom stereocenters. The van der Waals surface area contributed by atoms with E-state index in [1.807, 2.05) is 13.8 Å². The molecule has 0 aromatic rings. The number of carboxylic acids is 1. The summed E-state index contributed by atoms with van der Waals surface area (Å²) in [6.45, 7) is 14.9. The minimum absolute atomic E-state index is 0.0252. The van der Waals surface area contributed by atoms with E-state index in [1.54, 1.807) is 0 Å². The van der Waals surface area contributed by atoms with Gasteiger partial charge < -0.3 is 14.9 Å². The van der Waals surface area contributed by atoms with Crippen LogP contribution in [-0.2, 0) is 14.3 Å². The number of ether oxygens (including phenoxy) is 1. The fraction of sp³-hybridized carbons (Fsp3) is 0.806. The molecule has 4 fully saturated rings. The molecule has 214 valence electrons. The minimum Gasteiger partial charge on any atom is -0.478 e. The maximum Gasteiger partial charge on any atom is 0.331 e. The van der Waals surface area contributed by atoms with Crippen molar-refractivity contribution in [3.63, 3.8) is 0 Å². The zero-order chi connectivity index (χ0) is 28.4. The SMILES string of the molecule is CC(=O)O[C@H]1C[C@@]2(C)C(CC(O)C3[C@@]4(C)CC[C@H](Br)[C@@H](C)C4CC[C@@]32C)/C1=C(\CCC(Br)=C(C)C)C(=O)O. The molecule has 4 aliphatic rings. The number of aliphatic hydroxyl groups excluding tert-OH is 1. The van der Waals surface area contributed by atoms with E-state index in [4.69, 9.17) is 4.74 Å². The molecule has 0 spiro atoms. The van der Waals surface area contributed by atoms with Gasteiger partial charge in [0.25, 0.3) is 0 Å². The zero-order valence-electron chi connectivity index (χ0n) is 24.1. The van der Waals surface area contributed by atoms with Gasteiger partial charge in [0, 0.05) is 17.3 Å². The number of hydrogen-bond acceptors (Lipinski definition) is 4. The van der Waals surface area contributed by atoms with Crippen LogP contribution in [-0.4, -0.2) is 39.2 Å². The Kier molecular flexibility index (Phi) is 8.48. The molecule has 0 radical (unpaired) electrons. The summed E-state index contributed by atoms with van der Waals surface area (Å²) in [5.41, 5.74) is 1.77. The molecule has 7 heteroatoms. The van der Waals surface area contributed by atoms with E-state index in [0.29, 0.717) is 47.9 Å². The van der Waals surface area contributed by atoms with Crippen LogP contribution in [0, 0.1) is 39.9 Å². The van der Waals surface area contributed by atoms with Gasteiger partial charge in [-0.25, -0.2) is 4.79 Å². The third kappa shape index (κ3) is 4.68. The van der Waals surface area contributed by atoms with Crippen molar-refractivity contribution in [2.75, 3.05) is 0 Å². The van der Waals surface area contributed by atoms with Crippen LogP contribution in [0.1, 0.15) is 99.8 Å². The highest BCUT2D eigenvalue weighted by Gasteiger charge is 2.70. The van der Waals surface area contributed by atoms with Gasteiger partial charge in [0.1, 0.15) is 6.10 Å². The monoisotopic (exact) mass is 656 g/mol. The number of allylic oxidation sites excluding steroid dienone is 2. The maximum absolute atomic E-state index is 12.7. The lowest BCUT2D eigenvalue weighted by atomic mass is 9.36. The molecule has 2 N–H and O–H groups in total. The largest absolute Gasteiger partial charge is 0.478 e. The fourth-order valence-electron chi connectivity index (χ4n) is 9.74. The summed E-state index contributed by atoms with van der Waals surface area (Å²) in [5.74, 6) is -0.237. The summed E-state index contributed by atoms with van der Waals surface area (Å²) in [4.78, 5) is 25.5. The first kappa shape index (κ1) is 30.3. The summed E-state index contributed by atoms with van der Waals surface area (Å²) in [5, 5.41) is 22.4. The fourth-order valence-corrected chi connectivity index (χ4v) is 10.5. The Morgan fingerprint density at radius 1 is 1.05 bits per heavy atom. The Bertz CT molecular complexity index is 1050. The second-order valence-electron chi connectivity index (χ2n) is 13.7. The summed E-state index contributed by atoms with van der Waals surface area (Å²) in [6.07, 6.45) is 5.30. The van der Waals surface area contributed by atoms with Gasteiger partial charge in [0.15, 0.2) is 0 Å². The molecule has 38 heavy (non-hydrogen) atoms. The molecule has 0 amide bonds. The molecule has 0 bridgehead atoms. The number of hydrogen-bond donors (Lipinski definition) is 2. The van der Waals surface area contributed by atoms with Crippen molar-refractivity contribution in [1.29, 1.82) is 0 Å². The maximum atomic E-state index is 12.7. The summed E-state index contributed by atoms with van der Waals surface area (Å²) in [6, 6.07) is 0. The van der Waals surface area contributed by atoms with E-state index in [0.717, 1.165) is 41.3 Å². The lowest BCUT2D eigenvalue weighted by Gasteiger charge is -2.69. The van der Waals surface area contributed by atoms with Crippen molar-refractivity contribution in [3.8, 4) is 0 Å². The number of aliphatic hydroxyl groups is 1. The van der Waals surface area contributed by atoms with Crippen LogP contribution in [0.25, 0.3) is 0 Å². The van der Waals surface area contributed by atoms with Crippen LogP contribution in [0.5, 0.6) is 0 Å². The van der Waals surface area contributed by atoms with Gasteiger partial charge in [-0.2, -0.15) is 0 Å². The molecule has 0 aromatic carbocycles. The zero-order valence-corrected chi connectivity index (χ0v) is 27.2. The van der Waals surface area contributed by atoms with Crippen molar-refractivity contribution in [2.24, 2.45) is 39.9 Å². The summed E-state index contributed by atoms with van der Waals surface area (Å²) in [7, 11) is 0. The standard InChI is InChI=1S/C31H46Br2O5/c1-16(2)22(32)9-8-19(28(36)37)26-21-14-24(35)27-29(5)12-11-23(33)17(3)20(29)10-13-30(27,6)31(21,7)15-25(26)38-18(4)34/h17,20-21,23-25,27,35H,8-15H2,1-7H3,(H,36,37)/b26-19-/t17-,20?,21?,23-,24?,25-,27?,29-,30-,31-/m0/s1. The topological polar surface area (TPSA) is 83.8 Å². The van der Waals surface area contributed by atoms with Gasteiger partial charge in [0.2, 0.25) is 0 Å². The Balaban J connectivity index is 1.83. The van der Waals surface area contributed by atoms with Crippen molar-refractivity contribution in [3.05, 3.63) is 21.2 Å². The highest BCUT2D eigenvalue weighted by atomic mass is 79.9. The molecule has 4 saturated carbocycles. The molecule has 5 nitrogen and oxygen atoms in total. The van der Waals surface area contributed by atoms with Crippen LogP contribution < -0.4 is 0 Å². The number of carboxylic acid groups (broad SMARTS) is 1. The van der Waals surface area contributed by atoms with Gasteiger partial charge in [-0.3, -0.25) is 4.79 Å². The van der Waals surface area contributed by atoms with E-state index >= 15 is 0 Å². The van der Waals surface area contributed by atoms with Crippen LogP contribution in [0.15, 0.2) is 21.2 Å². The number of rotatable bonds is 5. The average molecular weight is 659 g/mol. The average Bonchev–Trinajstić information content (AvgIpc) is 3.08. The molecule has 4 rings (SSSR count). The number of fused-ring (bicyclic) bond motifs is 5. The number of halogens is 2. The number of carbonyl (C=O) groups is 2. The number of carbonyl (C=O) groups excluding carboxylic acids is 1. The molecule has 10 atom stereocenters. The second-order valence-corrected chi connectivity index (χ2v) is 15.8. The number of alkyl halides is 1. The van der Waals surface area contributed by atoms with Crippen LogP contribution in [0.3, 0.4) is 0 Å². The van der Waals surface area contributed by atoms with E-state index in [1.165, 1.54) is 6.92 Å². The first-order chi connectivity index (χ1) is 17.6. The highest BCUT2D eigenvalue weighted by Crippen LogP contribution is 2.74. The van der Waals surface area contributed by atoms with Crippen molar-refractivity contribution < 1.29 is 24.5 Å². The van der Waals surface area contributed by atoms with Crippen molar-refractivity contribution >= 4 is 43.8 Å². The molecule has 0 aromatic heterocycles. The highest BCUT2D eigenvalue weighted by molar-refractivity contribution is 9.11. The Labute approximate surface area is 245 Å².